The van der Waals surface area contributed by atoms with Crippen molar-refractivity contribution < 1.29 is 14.3 Å². The molecule has 1 atom stereocenters. The molecule has 1 aromatic carbocycles. The van der Waals surface area contributed by atoms with E-state index in [2.05, 4.69) is 15.6 Å². The summed E-state index contributed by atoms with van der Waals surface area (Å²) in [5.74, 6) is -0.0451. The van der Waals surface area contributed by atoms with Crippen LogP contribution in [0.15, 0.2) is 29.3 Å². The molecule has 0 bridgehead atoms. The topological polar surface area (TPSA) is 106 Å². The number of nitrogens with one attached hydrogen (secondary N) is 2. The van der Waals surface area contributed by atoms with Gasteiger partial charge >= 0.3 is 6.09 Å². The van der Waals surface area contributed by atoms with E-state index in [0.29, 0.717) is 18.5 Å². The molecule has 0 aliphatic carbocycles. The van der Waals surface area contributed by atoms with E-state index in [-0.39, 0.29) is 18.3 Å². The number of nitrogen functional groups attached to an aromatic ring is 1. The van der Waals surface area contributed by atoms with E-state index >= 15 is 0 Å². The summed E-state index contributed by atoms with van der Waals surface area (Å²) in [6.07, 6.45) is 1.76. The molecular weight excluding hydrogens is 332 g/mol. The quantitative estimate of drug-likeness (QED) is 0.718. The first-order chi connectivity index (χ1) is 12.1. The number of rotatable bonds is 4. The number of guanidine groups is 1. The average molecular weight is 360 g/mol. The largest absolute Gasteiger partial charge is 0.444 e. The molecule has 2 amide bonds. The zero-order valence-corrected chi connectivity index (χ0v) is 15.9. The smallest absolute Gasteiger partial charge is 0.414 e. The van der Waals surface area contributed by atoms with E-state index in [0.717, 1.165) is 12.0 Å². The van der Waals surface area contributed by atoms with E-state index in [4.69, 9.17) is 10.5 Å². The van der Waals surface area contributed by atoms with Gasteiger partial charge in [0.2, 0.25) is 11.9 Å². The lowest BCUT2D eigenvalue weighted by Crippen LogP contribution is -2.53. The summed E-state index contributed by atoms with van der Waals surface area (Å²) in [6.45, 7) is 7.36. The van der Waals surface area contributed by atoms with Crippen LogP contribution < -0.4 is 16.4 Å². The molecule has 26 heavy (non-hydrogen) atoms. The monoisotopic (exact) mass is 360 g/mol. The maximum Gasteiger partial charge on any atom is 0.414 e. The molecule has 0 saturated carbocycles. The molecule has 2 rings (SSSR count). The molecule has 1 aliphatic heterocycles. The molecule has 0 radical (unpaired) electrons. The molecule has 7 nitrogen and oxygen atoms in total. The van der Waals surface area contributed by atoms with Crippen LogP contribution >= 0.6 is 0 Å². The molecule has 0 aromatic heterocycles. The summed E-state index contributed by atoms with van der Waals surface area (Å²) >= 11 is 0. The van der Waals surface area contributed by atoms with Crippen LogP contribution in [0.4, 0.5) is 10.5 Å². The van der Waals surface area contributed by atoms with Crippen molar-refractivity contribution in [2.45, 2.75) is 64.5 Å². The number of carbonyl (C=O) groups excluding carboxylic acids is 2. The van der Waals surface area contributed by atoms with Crippen LogP contribution in [-0.2, 0) is 16.0 Å². The highest BCUT2D eigenvalue weighted by Gasteiger charge is 2.37. The second kappa shape index (κ2) is 7.76. The Hall–Kier alpha value is -2.57. The Labute approximate surface area is 154 Å². The second-order valence-electron chi connectivity index (χ2n) is 7.71. The zero-order chi connectivity index (χ0) is 19.4. The minimum absolute atomic E-state index is 0.132. The number of anilines is 1. The fourth-order valence-corrected chi connectivity index (χ4v) is 3.12. The SMILES string of the molecule is CCCC1(Cc2cccc(N)c2)CC(=O)NC(NC(=O)OC(C)(C)C)=N1. The van der Waals surface area contributed by atoms with Gasteiger partial charge in [-0.1, -0.05) is 25.5 Å². The highest BCUT2D eigenvalue weighted by atomic mass is 16.6. The van der Waals surface area contributed by atoms with Gasteiger partial charge in [0.25, 0.3) is 0 Å². The molecule has 0 fully saturated rings. The molecule has 0 saturated heterocycles. The lowest BCUT2D eigenvalue weighted by Gasteiger charge is -2.34. The summed E-state index contributed by atoms with van der Waals surface area (Å²) in [4.78, 5) is 29.0. The van der Waals surface area contributed by atoms with E-state index in [1.165, 1.54) is 0 Å². The van der Waals surface area contributed by atoms with Crippen LogP contribution in [0, 0.1) is 0 Å². The molecule has 1 aromatic rings. The van der Waals surface area contributed by atoms with Crippen molar-refractivity contribution in [2.24, 2.45) is 4.99 Å². The predicted octanol–water partition coefficient (Wildman–Crippen LogP) is 2.75. The van der Waals surface area contributed by atoms with Gasteiger partial charge in [-0.3, -0.25) is 15.4 Å². The molecule has 4 N–H and O–H groups in total. The van der Waals surface area contributed by atoms with Crippen LogP contribution in [0.1, 0.15) is 52.5 Å². The molecule has 1 unspecified atom stereocenters. The van der Waals surface area contributed by atoms with Gasteiger partial charge in [0.15, 0.2) is 0 Å². The van der Waals surface area contributed by atoms with Crippen LogP contribution in [0.3, 0.4) is 0 Å². The van der Waals surface area contributed by atoms with Crippen molar-refractivity contribution >= 4 is 23.6 Å². The van der Waals surface area contributed by atoms with Crippen molar-refractivity contribution in [3.8, 4) is 0 Å². The third-order valence-electron chi connectivity index (χ3n) is 3.92. The summed E-state index contributed by atoms with van der Waals surface area (Å²) in [5.41, 5.74) is 6.30. The highest BCUT2D eigenvalue weighted by molar-refractivity contribution is 6.05. The summed E-state index contributed by atoms with van der Waals surface area (Å²) in [7, 11) is 0. The van der Waals surface area contributed by atoms with Crippen molar-refractivity contribution in [3.63, 3.8) is 0 Å². The van der Waals surface area contributed by atoms with Gasteiger partial charge in [-0.15, -0.1) is 0 Å². The molecule has 1 aliphatic rings. The summed E-state index contributed by atoms with van der Waals surface area (Å²) in [6, 6.07) is 7.57. The van der Waals surface area contributed by atoms with Gasteiger partial charge in [-0.2, -0.15) is 0 Å². The van der Waals surface area contributed by atoms with Crippen LogP contribution in [-0.4, -0.2) is 29.1 Å². The number of nitrogens with two attached hydrogens (primary N) is 1. The third kappa shape index (κ3) is 5.75. The maximum absolute atomic E-state index is 12.3. The van der Waals surface area contributed by atoms with Crippen LogP contribution in [0.5, 0.6) is 0 Å². The Morgan fingerprint density at radius 3 is 2.77 bits per heavy atom. The number of hydrogen-bond acceptors (Lipinski definition) is 5. The maximum atomic E-state index is 12.3. The number of hydrogen-bond donors (Lipinski definition) is 3. The van der Waals surface area contributed by atoms with E-state index in [1.807, 2.05) is 31.2 Å². The number of ether oxygens (including phenoxy) is 1. The van der Waals surface area contributed by atoms with Gasteiger partial charge in [0.05, 0.1) is 12.0 Å². The minimum atomic E-state index is -0.646. The Balaban J connectivity index is 2.25. The first-order valence-electron chi connectivity index (χ1n) is 8.85. The molecule has 7 heteroatoms. The highest BCUT2D eigenvalue weighted by Crippen LogP contribution is 2.30. The first kappa shape index (κ1) is 19.8. The van der Waals surface area contributed by atoms with Gasteiger partial charge in [0.1, 0.15) is 5.60 Å². The molecule has 0 spiro atoms. The standard InChI is InChI=1S/C19H28N4O3/c1-5-9-19(11-13-7-6-8-14(20)10-13)12-15(24)21-16(23-19)22-17(25)26-18(2,3)4/h6-8,10H,5,9,11-12,20H2,1-4H3,(H2,21,22,23,24,25). The average Bonchev–Trinajstić information content (AvgIpc) is 2.44. The van der Waals surface area contributed by atoms with Crippen molar-refractivity contribution in [1.29, 1.82) is 0 Å². The molecular formula is C19H28N4O3. The van der Waals surface area contributed by atoms with Crippen molar-refractivity contribution in [2.75, 3.05) is 5.73 Å². The van der Waals surface area contributed by atoms with Crippen molar-refractivity contribution in [3.05, 3.63) is 29.8 Å². The van der Waals surface area contributed by atoms with Crippen LogP contribution in [0.25, 0.3) is 0 Å². The van der Waals surface area contributed by atoms with Crippen LogP contribution in [0.2, 0.25) is 0 Å². The Morgan fingerprint density at radius 2 is 2.15 bits per heavy atom. The Bertz CT molecular complexity index is 709. The zero-order valence-electron chi connectivity index (χ0n) is 15.9. The lowest BCUT2D eigenvalue weighted by molar-refractivity contribution is -0.121. The lowest BCUT2D eigenvalue weighted by atomic mass is 9.83. The number of aliphatic imine (C=N–C) groups is 1. The fourth-order valence-electron chi connectivity index (χ4n) is 3.12. The van der Waals surface area contributed by atoms with E-state index in [9.17, 15) is 9.59 Å². The number of amides is 2. The Kier molecular flexibility index (Phi) is 5.90. The van der Waals surface area contributed by atoms with Gasteiger partial charge < -0.3 is 10.5 Å². The molecule has 1 heterocycles. The Morgan fingerprint density at radius 1 is 1.42 bits per heavy atom. The number of benzene rings is 1. The normalized spacial score (nSPS) is 20.2. The van der Waals surface area contributed by atoms with Crippen molar-refractivity contribution in [1.82, 2.24) is 10.6 Å². The van der Waals surface area contributed by atoms with Gasteiger partial charge in [0, 0.05) is 5.69 Å². The van der Waals surface area contributed by atoms with E-state index < -0.39 is 17.2 Å². The first-order valence-corrected chi connectivity index (χ1v) is 8.85. The third-order valence-corrected chi connectivity index (χ3v) is 3.92. The predicted molar refractivity (Wildman–Crippen MR) is 102 cm³/mol. The van der Waals surface area contributed by atoms with E-state index in [1.54, 1.807) is 20.8 Å². The number of nitrogens with zero attached hydrogens (tertiary/aromatic N) is 1. The molecule has 142 valence electrons. The van der Waals surface area contributed by atoms with Gasteiger partial charge in [-0.05, 0) is 51.3 Å². The number of carbonyl (C=O) groups is 2. The summed E-state index contributed by atoms with van der Waals surface area (Å²) < 4.78 is 5.24. The minimum Gasteiger partial charge on any atom is -0.444 e. The fraction of sp³-hybridized carbons (Fsp3) is 0.526. The summed E-state index contributed by atoms with van der Waals surface area (Å²) in [5, 5.41) is 5.17. The second-order valence-corrected chi connectivity index (χ2v) is 7.71. The van der Waals surface area contributed by atoms with Gasteiger partial charge in [-0.25, -0.2) is 9.79 Å². The number of alkyl carbamates (subject to hydrolysis) is 1.